The van der Waals surface area contributed by atoms with Gasteiger partial charge in [-0.1, -0.05) is 19.1 Å². The Kier molecular flexibility index (Phi) is 4.53. The number of nitrogens with two attached hydrogens (primary N) is 1. The molecule has 0 saturated carbocycles. The van der Waals surface area contributed by atoms with E-state index >= 15 is 0 Å². The normalized spacial score (nSPS) is 35.0. The van der Waals surface area contributed by atoms with E-state index in [1.807, 2.05) is 6.92 Å². The molecule has 0 aromatic carbocycles. The minimum Gasteiger partial charge on any atom is -0.375 e. The van der Waals surface area contributed by atoms with Gasteiger partial charge in [0.1, 0.15) is 0 Å². The molecule has 16 heavy (non-hydrogen) atoms. The van der Waals surface area contributed by atoms with E-state index < -0.39 is 0 Å². The number of hydrogen-bond donors (Lipinski definition) is 2. The first-order valence-corrected chi connectivity index (χ1v) is 6.19. The maximum absolute atomic E-state index is 5.95. The number of rotatable bonds is 5. The molecule has 0 amide bonds. The zero-order valence-corrected chi connectivity index (χ0v) is 10.9. The standard InChI is InChI=1S/C13H26N2O/c1-5-12(4)9-13(10-14,6-7-16-12)15-8-11(2)3/h15H,2,5-10,14H2,1,3-4H3. The smallest absolute Gasteiger partial charge is 0.0670 e. The molecule has 1 rings (SSSR count). The molecule has 3 heteroatoms. The summed E-state index contributed by atoms with van der Waals surface area (Å²) in [5, 5.41) is 3.57. The molecule has 0 bridgehead atoms. The second-order valence-corrected chi connectivity index (χ2v) is 5.37. The third-order valence-electron chi connectivity index (χ3n) is 3.65. The van der Waals surface area contributed by atoms with Crippen molar-refractivity contribution in [3.8, 4) is 0 Å². The van der Waals surface area contributed by atoms with E-state index in [0.29, 0.717) is 6.54 Å². The van der Waals surface area contributed by atoms with Crippen LogP contribution in [-0.2, 0) is 4.74 Å². The Morgan fingerprint density at radius 1 is 1.56 bits per heavy atom. The van der Waals surface area contributed by atoms with Crippen LogP contribution in [0.3, 0.4) is 0 Å². The van der Waals surface area contributed by atoms with Crippen LogP contribution in [0.15, 0.2) is 12.2 Å². The van der Waals surface area contributed by atoms with Crippen LogP contribution >= 0.6 is 0 Å². The lowest BCUT2D eigenvalue weighted by Crippen LogP contribution is -2.59. The van der Waals surface area contributed by atoms with Gasteiger partial charge in [-0.2, -0.15) is 0 Å². The topological polar surface area (TPSA) is 47.3 Å². The molecule has 0 aliphatic carbocycles. The van der Waals surface area contributed by atoms with Crippen LogP contribution in [0.4, 0.5) is 0 Å². The van der Waals surface area contributed by atoms with Crippen LogP contribution in [0.25, 0.3) is 0 Å². The van der Waals surface area contributed by atoms with Gasteiger partial charge in [0.25, 0.3) is 0 Å². The summed E-state index contributed by atoms with van der Waals surface area (Å²) in [5.41, 5.74) is 7.10. The summed E-state index contributed by atoms with van der Waals surface area (Å²) in [5.74, 6) is 0. The molecule has 1 heterocycles. The average Bonchev–Trinajstić information content (AvgIpc) is 2.27. The molecule has 3 nitrogen and oxygen atoms in total. The van der Waals surface area contributed by atoms with Gasteiger partial charge < -0.3 is 15.8 Å². The summed E-state index contributed by atoms with van der Waals surface area (Å²) < 4.78 is 5.86. The first kappa shape index (κ1) is 13.7. The molecule has 94 valence electrons. The molecular formula is C13H26N2O. The molecular weight excluding hydrogens is 200 g/mol. The van der Waals surface area contributed by atoms with Crippen molar-refractivity contribution in [3.63, 3.8) is 0 Å². The maximum Gasteiger partial charge on any atom is 0.0670 e. The number of ether oxygens (including phenoxy) is 1. The first-order chi connectivity index (χ1) is 7.45. The Hall–Kier alpha value is -0.380. The van der Waals surface area contributed by atoms with Crippen molar-refractivity contribution in [3.05, 3.63) is 12.2 Å². The fourth-order valence-corrected chi connectivity index (χ4v) is 2.31. The minimum atomic E-state index is -0.0281. The van der Waals surface area contributed by atoms with Crippen LogP contribution in [-0.4, -0.2) is 30.8 Å². The largest absolute Gasteiger partial charge is 0.375 e. The lowest BCUT2D eigenvalue weighted by atomic mass is 9.79. The Labute approximate surface area is 99.4 Å². The summed E-state index contributed by atoms with van der Waals surface area (Å²) in [4.78, 5) is 0. The van der Waals surface area contributed by atoms with Gasteiger partial charge in [0.15, 0.2) is 0 Å². The van der Waals surface area contributed by atoms with E-state index in [1.165, 1.54) is 0 Å². The van der Waals surface area contributed by atoms with Gasteiger partial charge >= 0.3 is 0 Å². The van der Waals surface area contributed by atoms with Crippen LogP contribution < -0.4 is 11.1 Å². The van der Waals surface area contributed by atoms with Gasteiger partial charge in [0, 0.05) is 25.2 Å². The molecule has 2 unspecified atom stereocenters. The highest BCUT2D eigenvalue weighted by atomic mass is 16.5. The van der Waals surface area contributed by atoms with Gasteiger partial charge in [-0.3, -0.25) is 0 Å². The summed E-state index contributed by atoms with van der Waals surface area (Å²) in [6.07, 6.45) is 3.01. The zero-order valence-electron chi connectivity index (χ0n) is 10.9. The predicted octanol–water partition coefficient (Wildman–Crippen LogP) is 1.83. The van der Waals surface area contributed by atoms with Gasteiger partial charge in [-0.05, 0) is 33.1 Å². The third-order valence-corrected chi connectivity index (χ3v) is 3.65. The second-order valence-electron chi connectivity index (χ2n) is 5.37. The first-order valence-electron chi connectivity index (χ1n) is 6.19. The molecule has 1 fully saturated rings. The minimum absolute atomic E-state index is 0.0281. The summed E-state index contributed by atoms with van der Waals surface area (Å²) in [6, 6.07) is 0. The van der Waals surface area contributed by atoms with E-state index in [-0.39, 0.29) is 11.1 Å². The van der Waals surface area contributed by atoms with E-state index in [1.54, 1.807) is 0 Å². The highest BCUT2D eigenvalue weighted by Crippen LogP contribution is 2.33. The lowest BCUT2D eigenvalue weighted by molar-refractivity contribution is -0.0989. The Bertz CT molecular complexity index is 254. The van der Waals surface area contributed by atoms with Crippen LogP contribution in [0.1, 0.15) is 40.0 Å². The van der Waals surface area contributed by atoms with E-state index in [4.69, 9.17) is 10.5 Å². The van der Waals surface area contributed by atoms with E-state index in [2.05, 4.69) is 25.7 Å². The molecule has 1 aliphatic heterocycles. The molecule has 0 spiro atoms. The number of hydrogen-bond acceptors (Lipinski definition) is 3. The highest BCUT2D eigenvalue weighted by molar-refractivity contribution is 5.02. The Morgan fingerprint density at radius 2 is 2.25 bits per heavy atom. The van der Waals surface area contributed by atoms with Gasteiger partial charge in [-0.25, -0.2) is 0 Å². The summed E-state index contributed by atoms with van der Waals surface area (Å²) in [7, 11) is 0. The lowest BCUT2D eigenvalue weighted by Gasteiger charge is -2.46. The molecule has 0 radical (unpaired) electrons. The molecule has 0 aromatic heterocycles. The summed E-state index contributed by atoms with van der Waals surface area (Å²) >= 11 is 0. The van der Waals surface area contributed by atoms with Crippen molar-refractivity contribution in [1.29, 1.82) is 0 Å². The number of nitrogens with one attached hydrogen (secondary N) is 1. The van der Waals surface area contributed by atoms with Gasteiger partial charge in [-0.15, -0.1) is 0 Å². The van der Waals surface area contributed by atoms with Crippen LogP contribution in [0.5, 0.6) is 0 Å². The quantitative estimate of drug-likeness (QED) is 0.703. The monoisotopic (exact) mass is 226 g/mol. The Balaban J connectivity index is 2.67. The van der Waals surface area contributed by atoms with Crippen molar-refractivity contribution in [1.82, 2.24) is 5.32 Å². The van der Waals surface area contributed by atoms with Crippen molar-refractivity contribution in [2.45, 2.75) is 51.2 Å². The highest BCUT2D eigenvalue weighted by Gasteiger charge is 2.41. The van der Waals surface area contributed by atoms with Gasteiger partial charge in [0.2, 0.25) is 0 Å². The van der Waals surface area contributed by atoms with E-state index in [9.17, 15) is 0 Å². The zero-order chi connectivity index (χ0) is 12.2. The van der Waals surface area contributed by atoms with Crippen molar-refractivity contribution >= 4 is 0 Å². The van der Waals surface area contributed by atoms with E-state index in [0.717, 1.165) is 38.0 Å². The summed E-state index contributed by atoms with van der Waals surface area (Å²) in [6.45, 7) is 12.6. The van der Waals surface area contributed by atoms with Crippen LogP contribution in [0, 0.1) is 0 Å². The average molecular weight is 226 g/mol. The maximum atomic E-state index is 5.95. The van der Waals surface area contributed by atoms with Crippen LogP contribution in [0.2, 0.25) is 0 Å². The van der Waals surface area contributed by atoms with Crippen molar-refractivity contribution < 1.29 is 4.74 Å². The van der Waals surface area contributed by atoms with Crippen molar-refractivity contribution in [2.24, 2.45) is 5.73 Å². The van der Waals surface area contributed by atoms with Crippen molar-refractivity contribution in [2.75, 3.05) is 19.7 Å². The molecule has 1 saturated heterocycles. The fraction of sp³-hybridized carbons (Fsp3) is 0.846. The third kappa shape index (κ3) is 3.30. The molecule has 1 aliphatic rings. The second kappa shape index (κ2) is 5.30. The molecule has 2 atom stereocenters. The predicted molar refractivity (Wildman–Crippen MR) is 68.5 cm³/mol. The fourth-order valence-electron chi connectivity index (χ4n) is 2.31. The Morgan fingerprint density at radius 3 is 2.75 bits per heavy atom. The molecule has 0 aromatic rings. The molecule has 3 N–H and O–H groups in total. The van der Waals surface area contributed by atoms with Gasteiger partial charge in [0.05, 0.1) is 5.60 Å². The SMILES string of the molecule is C=C(C)CNC1(CN)CCOC(C)(CC)C1.